The first-order chi connectivity index (χ1) is 21.3. The zero-order valence-corrected chi connectivity index (χ0v) is 23.9. The van der Waals surface area contributed by atoms with Crippen LogP contribution in [0.1, 0.15) is 16.7 Å². The Bertz CT molecular complexity index is 2250. The van der Waals surface area contributed by atoms with Crippen LogP contribution in [0.2, 0.25) is 0 Å². The maximum atomic E-state index is 2.45. The van der Waals surface area contributed by atoms with Crippen LogP contribution in [0.4, 0.5) is 5.69 Å². The molecule has 0 unspecified atom stereocenters. The molecule has 0 atom stereocenters. The number of rotatable bonds is 7. The molecule has 0 saturated heterocycles. The molecule has 1 aliphatic heterocycles. The SMILES string of the molecule is C(=C\C=c1/c2cccc3cccc(c32)n1Cc1ccccc1)/C=C/C1=[N+](Cc2ccccc2)c2cccc3cccc1c23. The third kappa shape index (κ3) is 4.49. The monoisotopic (exact) mass is 551 g/mol. The molecule has 0 radical (unpaired) electrons. The van der Waals surface area contributed by atoms with Crippen LogP contribution in [-0.2, 0) is 13.1 Å². The summed E-state index contributed by atoms with van der Waals surface area (Å²) in [6.45, 7) is 1.66. The van der Waals surface area contributed by atoms with Gasteiger partial charge in [0.15, 0.2) is 6.54 Å². The van der Waals surface area contributed by atoms with Crippen LogP contribution in [0.5, 0.6) is 0 Å². The van der Waals surface area contributed by atoms with Crippen LogP contribution in [0, 0.1) is 0 Å². The van der Waals surface area contributed by atoms with Gasteiger partial charge in [-0.25, -0.2) is 0 Å². The summed E-state index contributed by atoms with van der Waals surface area (Å²) in [4.78, 5) is 0. The second-order valence-electron chi connectivity index (χ2n) is 11.2. The van der Waals surface area contributed by atoms with Gasteiger partial charge in [0.05, 0.1) is 16.5 Å². The molecule has 0 bridgehead atoms. The fraction of sp³-hybridized carbons (Fsp3) is 0.0488. The Hall–Kier alpha value is -5.47. The standard InChI is InChI=1S/C41H31N2/c1-4-14-30(15-5-1)28-42-36(34-22-10-18-32-20-12-26-38(42)40(32)34)24-8-3-9-25-37-35-23-11-19-33-21-13-27-39(41(33)35)43(37)29-31-16-6-2-7-17-31/h1-27H,28-29H2/q+1. The number of allylic oxidation sites excluding steroid dienone is 4. The molecule has 0 N–H and O–H groups in total. The van der Waals surface area contributed by atoms with Crippen LogP contribution < -0.4 is 5.35 Å². The normalized spacial score (nSPS) is 13.6. The topological polar surface area (TPSA) is 7.94 Å². The summed E-state index contributed by atoms with van der Waals surface area (Å²) in [5.41, 5.74) is 7.67. The van der Waals surface area contributed by atoms with Gasteiger partial charge in [0.2, 0.25) is 11.4 Å². The Kier molecular flexibility index (Phi) is 6.31. The molecule has 0 saturated carbocycles. The minimum Gasteiger partial charge on any atom is -0.336 e. The van der Waals surface area contributed by atoms with Crippen molar-refractivity contribution in [1.82, 2.24) is 4.57 Å². The van der Waals surface area contributed by atoms with E-state index in [-0.39, 0.29) is 0 Å². The van der Waals surface area contributed by atoms with E-state index in [1.54, 1.807) is 0 Å². The molecule has 1 aliphatic rings. The number of nitrogens with zero attached hydrogens (tertiary/aromatic N) is 2. The molecule has 43 heavy (non-hydrogen) atoms. The van der Waals surface area contributed by atoms with Crippen molar-refractivity contribution in [3.8, 4) is 0 Å². The molecule has 0 amide bonds. The first-order valence-corrected chi connectivity index (χ1v) is 14.9. The van der Waals surface area contributed by atoms with Gasteiger partial charge in [0, 0.05) is 40.4 Å². The van der Waals surface area contributed by atoms with Crippen molar-refractivity contribution in [2.75, 3.05) is 0 Å². The van der Waals surface area contributed by atoms with Crippen LogP contribution in [0.3, 0.4) is 0 Å². The number of aromatic nitrogens is 1. The van der Waals surface area contributed by atoms with Crippen molar-refractivity contribution in [3.05, 3.63) is 180 Å². The number of benzene rings is 6. The Morgan fingerprint density at radius 3 is 2.02 bits per heavy atom. The van der Waals surface area contributed by atoms with Gasteiger partial charge in [-0.05, 0) is 34.5 Å². The summed E-state index contributed by atoms with van der Waals surface area (Å²) >= 11 is 0. The molecular formula is C41H31N2+. The van der Waals surface area contributed by atoms with E-state index in [1.807, 2.05) is 0 Å². The molecule has 0 spiro atoms. The average Bonchev–Trinajstić information content (AvgIpc) is 3.52. The van der Waals surface area contributed by atoms with Gasteiger partial charge >= 0.3 is 0 Å². The predicted octanol–water partition coefficient (Wildman–Crippen LogP) is 8.95. The highest BCUT2D eigenvalue weighted by molar-refractivity contribution is 6.19. The minimum atomic E-state index is 0.832. The Morgan fingerprint density at radius 2 is 1.23 bits per heavy atom. The fourth-order valence-electron chi connectivity index (χ4n) is 6.66. The van der Waals surface area contributed by atoms with Crippen LogP contribution in [0.15, 0.2) is 158 Å². The molecule has 6 aromatic carbocycles. The molecule has 0 fully saturated rings. The summed E-state index contributed by atoms with van der Waals surface area (Å²) in [5.74, 6) is 0. The molecular weight excluding hydrogens is 520 g/mol. The van der Waals surface area contributed by atoms with Crippen molar-refractivity contribution in [2.45, 2.75) is 13.1 Å². The van der Waals surface area contributed by atoms with Crippen LogP contribution in [0.25, 0.3) is 38.5 Å². The van der Waals surface area contributed by atoms with Gasteiger partial charge in [-0.15, -0.1) is 0 Å². The molecule has 2 nitrogen and oxygen atoms in total. The van der Waals surface area contributed by atoms with E-state index in [9.17, 15) is 0 Å². The molecule has 2 heteroatoms. The first-order valence-electron chi connectivity index (χ1n) is 14.9. The molecule has 0 aliphatic carbocycles. The highest BCUT2D eigenvalue weighted by Crippen LogP contribution is 2.36. The van der Waals surface area contributed by atoms with E-state index in [4.69, 9.17) is 0 Å². The molecule has 7 aromatic rings. The minimum absolute atomic E-state index is 0.832. The van der Waals surface area contributed by atoms with E-state index in [2.05, 4.69) is 173 Å². The zero-order valence-electron chi connectivity index (χ0n) is 23.9. The van der Waals surface area contributed by atoms with E-state index >= 15 is 0 Å². The maximum absolute atomic E-state index is 2.45. The van der Waals surface area contributed by atoms with E-state index in [1.165, 1.54) is 65.9 Å². The van der Waals surface area contributed by atoms with E-state index in [0.717, 1.165) is 13.1 Å². The lowest BCUT2D eigenvalue weighted by Crippen LogP contribution is -2.16. The lowest BCUT2D eigenvalue weighted by atomic mass is 10.0. The summed E-state index contributed by atoms with van der Waals surface area (Å²) in [5, 5.41) is 7.76. The van der Waals surface area contributed by atoms with Gasteiger partial charge in [-0.2, -0.15) is 4.58 Å². The quantitative estimate of drug-likeness (QED) is 0.138. The summed E-state index contributed by atoms with van der Waals surface area (Å²) in [6, 6.07) is 48.0. The first kappa shape index (κ1) is 25.3. The van der Waals surface area contributed by atoms with Gasteiger partial charge in [-0.3, -0.25) is 0 Å². The lowest BCUT2D eigenvalue weighted by molar-refractivity contribution is -0.452. The van der Waals surface area contributed by atoms with Crippen molar-refractivity contribution in [3.63, 3.8) is 0 Å². The molecule has 8 rings (SSSR count). The highest BCUT2D eigenvalue weighted by atomic mass is 15.0. The smallest absolute Gasteiger partial charge is 0.214 e. The fourth-order valence-corrected chi connectivity index (χ4v) is 6.66. The third-order valence-corrected chi connectivity index (χ3v) is 8.58. The van der Waals surface area contributed by atoms with Gasteiger partial charge in [0.25, 0.3) is 0 Å². The van der Waals surface area contributed by atoms with Gasteiger partial charge in [-0.1, -0.05) is 133 Å². The van der Waals surface area contributed by atoms with Crippen LogP contribution in [-0.4, -0.2) is 14.9 Å². The molecule has 1 aromatic heterocycles. The zero-order chi connectivity index (χ0) is 28.6. The van der Waals surface area contributed by atoms with Gasteiger partial charge in [0.1, 0.15) is 0 Å². The van der Waals surface area contributed by atoms with Crippen molar-refractivity contribution in [2.24, 2.45) is 0 Å². The number of hydrogen-bond donors (Lipinski definition) is 0. The maximum Gasteiger partial charge on any atom is 0.214 e. The Labute approximate surface area is 251 Å². The third-order valence-electron chi connectivity index (χ3n) is 8.58. The predicted molar refractivity (Wildman–Crippen MR) is 181 cm³/mol. The second-order valence-corrected chi connectivity index (χ2v) is 11.2. The highest BCUT2D eigenvalue weighted by Gasteiger charge is 2.30. The Balaban J connectivity index is 1.20. The Morgan fingerprint density at radius 1 is 0.558 bits per heavy atom. The van der Waals surface area contributed by atoms with E-state index in [0.29, 0.717) is 0 Å². The molecule has 2 heterocycles. The van der Waals surface area contributed by atoms with Crippen molar-refractivity contribution >= 4 is 49.9 Å². The summed E-state index contributed by atoms with van der Waals surface area (Å²) in [6.07, 6.45) is 11.0. The number of hydrogen-bond acceptors (Lipinski definition) is 0. The van der Waals surface area contributed by atoms with Crippen LogP contribution >= 0.6 is 0 Å². The van der Waals surface area contributed by atoms with E-state index < -0.39 is 0 Å². The van der Waals surface area contributed by atoms with Crippen molar-refractivity contribution < 1.29 is 4.58 Å². The van der Waals surface area contributed by atoms with Crippen molar-refractivity contribution in [1.29, 1.82) is 0 Å². The largest absolute Gasteiger partial charge is 0.336 e. The average molecular weight is 552 g/mol. The second kappa shape index (κ2) is 10.7. The molecule has 204 valence electrons. The lowest BCUT2D eigenvalue weighted by Gasteiger charge is -2.07. The summed E-state index contributed by atoms with van der Waals surface area (Å²) in [7, 11) is 0. The van der Waals surface area contributed by atoms with Gasteiger partial charge < -0.3 is 4.57 Å². The summed E-state index contributed by atoms with van der Waals surface area (Å²) < 4.78 is 4.90.